The molecule has 0 spiro atoms. The summed E-state index contributed by atoms with van der Waals surface area (Å²) in [4.78, 5) is 10.6. The second kappa shape index (κ2) is 5.68. The Morgan fingerprint density at radius 1 is 1.15 bits per heavy atom. The Labute approximate surface area is 83.0 Å². The summed E-state index contributed by atoms with van der Waals surface area (Å²) < 4.78 is -0.538. The third kappa shape index (κ3) is 3.71. The predicted molar refractivity (Wildman–Crippen MR) is 46.1 cm³/mol. The van der Waals surface area contributed by atoms with Gasteiger partial charge in [0.2, 0.25) is 0 Å². The molecule has 4 atom stereocenters. The third-order valence-electron chi connectivity index (χ3n) is 1.67. The number of carbonyl (C=O) groups is 1. The third-order valence-corrected chi connectivity index (χ3v) is 2.91. The first kappa shape index (κ1) is 13.0. The molecule has 0 aromatic rings. The topological polar surface area (TPSA) is 118 Å². The van der Waals surface area contributed by atoms with Crippen molar-refractivity contribution in [2.45, 2.75) is 24.4 Å². The first-order valence-electron chi connectivity index (χ1n) is 3.75. The first-order valence-corrected chi connectivity index (χ1v) is 5.85. The Balaban J connectivity index is 4.24. The fourth-order valence-corrected chi connectivity index (χ4v) is 1.48. The second-order valence-corrected chi connectivity index (χ2v) is 4.85. The van der Waals surface area contributed by atoms with Gasteiger partial charge in [-0.1, -0.05) is 0 Å². The predicted octanol–water partition coefficient (Wildman–Crippen LogP) is -4.69. The summed E-state index contributed by atoms with van der Waals surface area (Å²) in [5.74, 6) is 0. The van der Waals surface area contributed by atoms with Crippen molar-refractivity contribution in [3.63, 3.8) is 0 Å². The van der Waals surface area contributed by atoms with Gasteiger partial charge in [-0.2, -0.15) is 0 Å². The average molecular weight is 255 g/mol. The Morgan fingerprint density at radius 3 is 1.92 bits per heavy atom. The zero-order valence-electron chi connectivity index (χ0n) is 7.16. The van der Waals surface area contributed by atoms with Gasteiger partial charge in [0.25, 0.3) is 0 Å². The van der Waals surface area contributed by atoms with Gasteiger partial charge in [-0.25, -0.2) is 0 Å². The summed E-state index contributed by atoms with van der Waals surface area (Å²) in [5.41, 5.74) is 0. The monoisotopic (exact) mass is 256 g/mol. The molecule has 0 aromatic heterocycles. The Morgan fingerprint density at radius 2 is 1.62 bits per heavy atom. The molecule has 0 aliphatic carbocycles. The Kier molecular flexibility index (Phi) is 5.69. The normalized spacial score (nSPS) is 20.7. The van der Waals surface area contributed by atoms with E-state index in [2.05, 4.69) is 0 Å². The van der Waals surface area contributed by atoms with Crippen molar-refractivity contribution in [1.82, 2.24) is 0 Å². The van der Waals surface area contributed by atoms with Crippen molar-refractivity contribution in [3.8, 4) is 0 Å². The van der Waals surface area contributed by atoms with Crippen LogP contribution in [0.5, 0.6) is 0 Å². The molecule has 0 fully saturated rings. The molecular weight excluding hydrogens is 241 g/mol. The summed E-state index contributed by atoms with van der Waals surface area (Å²) in [6.45, 7) is -0.746. The number of rotatable bonds is 5. The summed E-state index contributed by atoms with van der Waals surface area (Å²) in [7, 11) is 0. The molecule has 7 heteroatoms. The van der Waals surface area contributed by atoms with Gasteiger partial charge in [-0.15, -0.1) is 0 Å². The van der Waals surface area contributed by atoms with E-state index < -0.39 is 35.6 Å². The number of hydrogen-bond donors (Lipinski definition) is 5. The van der Waals surface area contributed by atoms with E-state index in [0.717, 1.165) is 0 Å². The molecule has 0 aromatic carbocycles. The molecule has 0 aliphatic rings. The minimum absolute atomic E-state index is 0.308. The minimum atomic E-state index is -1.75. The van der Waals surface area contributed by atoms with Gasteiger partial charge >= 0.3 is 82.5 Å². The standard InChI is InChI=1S/C6H14GeO6/c7-6(13)5(12)4(11)3(10)2(9)1-8/h2-5,8-12H,1H2,7H3/t2-,3+,4-,5+/m1/s1. The molecule has 0 rings (SSSR count). The molecule has 13 heavy (non-hydrogen) atoms. The molecule has 0 saturated carbocycles. The molecule has 0 saturated heterocycles. The fourth-order valence-electron chi connectivity index (χ4n) is 0.763. The summed E-state index contributed by atoms with van der Waals surface area (Å²) in [6, 6.07) is 0. The summed E-state index contributed by atoms with van der Waals surface area (Å²) >= 11 is -0.308. The molecule has 6 nitrogen and oxygen atoms in total. The van der Waals surface area contributed by atoms with E-state index in [1.54, 1.807) is 0 Å². The number of aliphatic hydroxyl groups excluding tert-OH is 5. The van der Waals surface area contributed by atoms with E-state index in [9.17, 15) is 4.79 Å². The molecule has 0 bridgehead atoms. The van der Waals surface area contributed by atoms with Gasteiger partial charge < -0.3 is 0 Å². The average Bonchev–Trinajstić information content (AvgIpc) is 2.12. The van der Waals surface area contributed by atoms with Crippen LogP contribution in [-0.2, 0) is 4.79 Å². The van der Waals surface area contributed by atoms with Crippen molar-refractivity contribution < 1.29 is 30.3 Å². The van der Waals surface area contributed by atoms with Crippen molar-refractivity contribution in [3.05, 3.63) is 0 Å². The van der Waals surface area contributed by atoms with E-state index in [4.69, 9.17) is 25.5 Å². The second-order valence-electron chi connectivity index (χ2n) is 2.79. The van der Waals surface area contributed by atoms with Crippen LogP contribution in [0.4, 0.5) is 0 Å². The van der Waals surface area contributed by atoms with Crippen LogP contribution in [0.25, 0.3) is 0 Å². The zero-order valence-corrected chi connectivity index (χ0v) is 11.4. The van der Waals surface area contributed by atoms with Crippen LogP contribution in [0, 0.1) is 0 Å². The van der Waals surface area contributed by atoms with Gasteiger partial charge in [0, 0.05) is 0 Å². The van der Waals surface area contributed by atoms with Gasteiger partial charge in [0.1, 0.15) is 0 Å². The molecule has 5 N–H and O–H groups in total. The number of aliphatic hydroxyl groups is 5. The Bertz CT molecular complexity index is 175. The van der Waals surface area contributed by atoms with Gasteiger partial charge in [0.05, 0.1) is 0 Å². The SMILES string of the molecule is O=[C]([GeH3])[C@@H](O)[C@H](O)[C@@H](O)[C@H](O)CO. The van der Waals surface area contributed by atoms with E-state index in [1.165, 1.54) is 0 Å². The quantitative estimate of drug-likeness (QED) is 0.315. The summed E-state index contributed by atoms with van der Waals surface area (Å²) in [5, 5.41) is 44.4. The van der Waals surface area contributed by atoms with E-state index >= 15 is 0 Å². The van der Waals surface area contributed by atoms with Crippen LogP contribution in [0.1, 0.15) is 0 Å². The van der Waals surface area contributed by atoms with Gasteiger partial charge in [0.15, 0.2) is 0 Å². The van der Waals surface area contributed by atoms with E-state index in [0.29, 0.717) is 0 Å². The van der Waals surface area contributed by atoms with Crippen LogP contribution in [0.3, 0.4) is 0 Å². The number of carbonyl (C=O) groups excluding carboxylic acids is 1. The van der Waals surface area contributed by atoms with Gasteiger partial charge in [-0.05, 0) is 0 Å². The fraction of sp³-hybridized carbons (Fsp3) is 0.833. The molecular formula is C6H14GeO6. The van der Waals surface area contributed by atoms with E-state index in [-0.39, 0.29) is 16.5 Å². The maximum absolute atomic E-state index is 10.6. The maximum atomic E-state index is 10.6. The first-order chi connectivity index (χ1) is 5.91. The van der Waals surface area contributed by atoms with Crippen LogP contribution in [0.15, 0.2) is 0 Å². The molecule has 0 unspecified atom stereocenters. The van der Waals surface area contributed by atoms with Crippen molar-refractivity contribution in [1.29, 1.82) is 0 Å². The van der Waals surface area contributed by atoms with Crippen molar-refractivity contribution >= 4 is 21.1 Å². The van der Waals surface area contributed by atoms with Crippen molar-refractivity contribution in [2.75, 3.05) is 6.61 Å². The van der Waals surface area contributed by atoms with Crippen LogP contribution in [0.2, 0.25) is 0 Å². The molecule has 0 amide bonds. The molecule has 0 heterocycles. The van der Waals surface area contributed by atoms with Gasteiger partial charge in [-0.3, -0.25) is 0 Å². The molecule has 78 valence electrons. The molecule has 0 aliphatic heterocycles. The van der Waals surface area contributed by atoms with E-state index in [1.807, 2.05) is 0 Å². The van der Waals surface area contributed by atoms with Crippen LogP contribution in [-0.4, -0.2) is 77.7 Å². The molecule has 0 radical (unpaired) electrons. The Hall–Kier alpha value is 0.0129. The number of hydrogen-bond acceptors (Lipinski definition) is 6. The van der Waals surface area contributed by atoms with Crippen LogP contribution >= 0.6 is 0 Å². The summed E-state index contributed by atoms with van der Waals surface area (Å²) in [6.07, 6.45) is -6.69. The van der Waals surface area contributed by atoms with Crippen LogP contribution < -0.4 is 0 Å². The zero-order chi connectivity index (χ0) is 10.6. The van der Waals surface area contributed by atoms with Crippen molar-refractivity contribution in [2.24, 2.45) is 0 Å².